The van der Waals surface area contributed by atoms with Gasteiger partial charge in [0.2, 0.25) is 0 Å². The molecule has 0 amide bonds. The summed E-state index contributed by atoms with van der Waals surface area (Å²) in [5, 5.41) is 0. The zero-order valence-electron chi connectivity index (χ0n) is 8.87. The first-order valence-electron chi connectivity index (χ1n) is 4.40. The van der Waals surface area contributed by atoms with Gasteiger partial charge in [-0.2, -0.15) is 8.42 Å². The van der Waals surface area contributed by atoms with Crippen LogP contribution >= 0.6 is 0 Å². The van der Waals surface area contributed by atoms with Gasteiger partial charge in [-0.05, 0) is 31.0 Å². The molecule has 0 saturated carbocycles. The van der Waals surface area contributed by atoms with Crippen LogP contribution in [0.3, 0.4) is 0 Å². The first kappa shape index (κ1) is 12.0. The van der Waals surface area contributed by atoms with Crippen molar-refractivity contribution in [1.29, 1.82) is 0 Å². The molecule has 1 aromatic carbocycles. The molecule has 0 heterocycles. The first-order valence-corrected chi connectivity index (χ1v) is 5.95. The highest BCUT2D eigenvalue weighted by Crippen LogP contribution is 2.25. The average molecular weight is 232 g/mol. The molecule has 0 saturated heterocycles. The van der Waals surface area contributed by atoms with Gasteiger partial charge in [0.25, 0.3) is 0 Å². The number of benzene rings is 1. The van der Waals surface area contributed by atoms with E-state index in [-0.39, 0.29) is 0 Å². The summed E-state index contributed by atoms with van der Waals surface area (Å²) < 4.78 is 38.6. The third kappa shape index (κ3) is 3.20. The number of methoxy groups -OCH3 is 1. The largest absolute Gasteiger partial charge is 0.496 e. The molecule has 0 aliphatic carbocycles. The van der Waals surface area contributed by atoms with Gasteiger partial charge in [-0.25, -0.2) is 0 Å². The monoisotopic (exact) mass is 232 g/mol. The lowest BCUT2D eigenvalue weighted by atomic mass is 10.1. The van der Waals surface area contributed by atoms with E-state index < -0.39 is 16.0 Å². The van der Waals surface area contributed by atoms with Gasteiger partial charge < -0.3 is 4.74 Å². The Morgan fingerprint density at radius 1 is 1.27 bits per heavy atom. The van der Waals surface area contributed by atoms with Crippen LogP contribution in [0.25, 0.3) is 0 Å². The van der Waals surface area contributed by atoms with Crippen LogP contribution in [0.15, 0.2) is 12.1 Å². The van der Waals surface area contributed by atoms with E-state index in [1.807, 2.05) is 13.8 Å². The predicted octanol–water partition coefficient (Wildman–Crippen LogP) is 2.11. The van der Waals surface area contributed by atoms with E-state index in [2.05, 4.69) is 0 Å². The number of aryl methyl sites for hydroxylation is 2. The van der Waals surface area contributed by atoms with E-state index in [9.17, 15) is 12.3 Å². The van der Waals surface area contributed by atoms with Crippen LogP contribution in [0.1, 0.15) is 16.7 Å². The zero-order valence-corrected chi connectivity index (χ0v) is 9.69. The molecule has 0 aliphatic rings. The van der Waals surface area contributed by atoms with Crippen molar-refractivity contribution in [2.45, 2.75) is 19.6 Å². The summed E-state index contributed by atoms with van der Waals surface area (Å²) in [4.78, 5) is 0. The fourth-order valence-electron chi connectivity index (χ4n) is 1.34. The lowest BCUT2D eigenvalue weighted by molar-refractivity contribution is 0.410. The second-order valence-electron chi connectivity index (χ2n) is 3.43. The van der Waals surface area contributed by atoms with Crippen LogP contribution in [0.4, 0.5) is 3.89 Å². The molecule has 84 valence electrons. The third-order valence-corrected chi connectivity index (χ3v) is 2.88. The highest BCUT2D eigenvalue weighted by atomic mass is 32.3. The van der Waals surface area contributed by atoms with Crippen LogP contribution in [0.5, 0.6) is 5.75 Å². The lowest BCUT2D eigenvalue weighted by Crippen LogP contribution is -2.00. The molecule has 0 fully saturated rings. The molecule has 0 unspecified atom stereocenters. The molecule has 0 aromatic heterocycles. The van der Waals surface area contributed by atoms with E-state index in [4.69, 9.17) is 4.74 Å². The van der Waals surface area contributed by atoms with Gasteiger partial charge in [0.15, 0.2) is 0 Å². The minimum absolute atomic E-state index is 0.350. The summed E-state index contributed by atoms with van der Waals surface area (Å²) in [5.74, 6) is -0.239. The summed E-state index contributed by atoms with van der Waals surface area (Å²) in [6.45, 7) is 3.72. The van der Waals surface area contributed by atoms with Crippen molar-refractivity contribution < 1.29 is 17.0 Å². The molecular formula is C10H13FO3S. The molecule has 3 nitrogen and oxygen atoms in total. The van der Waals surface area contributed by atoms with Crippen molar-refractivity contribution in [3.05, 3.63) is 28.8 Å². The Morgan fingerprint density at radius 2 is 1.80 bits per heavy atom. The van der Waals surface area contributed by atoms with Gasteiger partial charge in [0, 0.05) is 5.56 Å². The Kier molecular flexibility index (Phi) is 3.34. The Morgan fingerprint density at radius 3 is 2.27 bits per heavy atom. The van der Waals surface area contributed by atoms with Crippen LogP contribution in [-0.2, 0) is 16.0 Å². The fraction of sp³-hybridized carbons (Fsp3) is 0.400. The van der Waals surface area contributed by atoms with Crippen molar-refractivity contribution in [2.24, 2.45) is 0 Å². The molecule has 0 atom stereocenters. The highest BCUT2D eigenvalue weighted by Gasteiger charge is 2.14. The highest BCUT2D eigenvalue weighted by molar-refractivity contribution is 7.85. The van der Waals surface area contributed by atoms with Gasteiger partial charge in [-0.3, -0.25) is 0 Å². The summed E-state index contributed by atoms with van der Waals surface area (Å²) in [6.07, 6.45) is 0. The Bertz CT molecular complexity index is 466. The van der Waals surface area contributed by atoms with Gasteiger partial charge in [0.05, 0.1) is 7.11 Å². The topological polar surface area (TPSA) is 43.4 Å². The molecule has 0 radical (unpaired) electrons. The minimum atomic E-state index is -4.52. The molecular weight excluding hydrogens is 219 g/mol. The van der Waals surface area contributed by atoms with E-state index in [1.165, 1.54) is 7.11 Å². The third-order valence-electron chi connectivity index (χ3n) is 2.22. The molecule has 5 heteroatoms. The van der Waals surface area contributed by atoms with Crippen molar-refractivity contribution in [1.82, 2.24) is 0 Å². The van der Waals surface area contributed by atoms with E-state index in [0.29, 0.717) is 11.3 Å². The van der Waals surface area contributed by atoms with E-state index in [0.717, 1.165) is 11.1 Å². The minimum Gasteiger partial charge on any atom is -0.496 e. The number of hydrogen-bond acceptors (Lipinski definition) is 3. The smallest absolute Gasteiger partial charge is 0.306 e. The molecule has 0 spiro atoms. The van der Waals surface area contributed by atoms with Gasteiger partial charge in [0.1, 0.15) is 11.5 Å². The molecule has 1 rings (SSSR count). The van der Waals surface area contributed by atoms with Crippen LogP contribution < -0.4 is 4.74 Å². The molecule has 0 N–H and O–H groups in total. The number of rotatable bonds is 3. The van der Waals surface area contributed by atoms with Crippen molar-refractivity contribution in [3.63, 3.8) is 0 Å². The Labute approximate surface area is 89.1 Å². The standard InChI is InChI=1S/C10H13FO3S/c1-7-4-9(6-15(11,12)13)10(14-3)5-8(7)2/h4-5H,6H2,1-3H3. The molecule has 0 aliphatic heterocycles. The second-order valence-corrected chi connectivity index (χ2v) is 4.80. The van der Waals surface area contributed by atoms with Crippen LogP contribution in [0, 0.1) is 13.8 Å². The quantitative estimate of drug-likeness (QED) is 0.750. The van der Waals surface area contributed by atoms with Crippen molar-refractivity contribution in [3.8, 4) is 5.75 Å². The number of halogens is 1. The summed E-state index contributed by atoms with van der Waals surface area (Å²) >= 11 is 0. The molecule has 0 bridgehead atoms. The Hall–Kier alpha value is -1.10. The first-order chi connectivity index (χ1) is 6.83. The predicted molar refractivity (Wildman–Crippen MR) is 56.2 cm³/mol. The second kappa shape index (κ2) is 4.18. The van der Waals surface area contributed by atoms with Crippen LogP contribution in [0.2, 0.25) is 0 Å². The number of hydrogen-bond donors (Lipinski definition) is 0. The Balaban J connectivity index is 3.22. The van der Waals surface area contributed by atoms with Gasteiger partial charge in [-0.1, -0.05) is 6.07 Å². The maximum atomic E-state index is 12.5. The van der Waals surface area contributed by atoms with E-state index >= 15 is 0 Å². The SMILES string of the molecule is COc1cc(C)c(C)cc1CS(=O)(=O)F. The average Bonchev–Trinajstić information content (AvgIpc) is 2.08. The van der Waals surface area contributed by atoms with Crippen molar-refractivity contribution in [2.75, 3.05) is 7.11 Å². The van der Waals surface area contributed by atoms with Crippen molar-refractivity contribution >= 4 is 10.2 Å². The maximum Gasteiger partial charge on any atom is 0.306 e. The summed E-state index contributed by atoms with van der Waals surface area (Å²) in [5.41, 5.74) is 2.24. The normalized spacial score (nSPS) is 11.5. The van der Waals surface area contributed by atoms with Gasteiger partial charge in [-0.15, -0.1) is 3.89 Å². The number of ether oxygens (including phenoxy) is 1. The fourth-order valence-corrected chi connectivity index (χ4v) is 1.94. The molecule has 15 heavy (non-hydrogen) atoms. The molecule has 1 aromatic rings. The summed E-state index contributed by atoms with van der Waals surface area (Å²) in [7, 11) is -3.09. The zero-order chi connectivity index (χ0) is 11.6. The maximum absolute atomic E-state index is 12.5. The van der Waals surface area contributed by atoms with Crippen LogP contribution in [-0.4, -0.2) is 15.5 Å². The lowest BCUT2D eigenvalue weighted by Gasteiger charge is -2.09. The van der Waals surface area contributed by atoms with Gasteiger partial charge >= 0.3 is 10.2 Å². The summed E-state index contributed by atoms with van der Waals surface area (Å²) in [6, 6.07) is 3.33. The van der Waals surface area contributed by atoms with E-state index in [1.54, 1.807) is 12.1 Å².